The van der Waals surface area contributed by atoms with Gasteiger partial charge in [0.25, 0.3) is 0 Å². The Morgan fingerprint density at radius 2 is 1.90 bits per heavy atom. The van der Waals surface area contributed by atoms with Gasteiger partial charge in [0.2, 0.25) is 5.88 Å². The number of ether oxygens (including phenoxy) is 1. The zero-order valence-corrected chi connectivity index (χ0v) is 14.2. The molecule has 5 heteroatoms. The van der Waals surface area contributed by atoms with Crippen LogP contribution in [0.3, 0.4) is 0 Å². The standard InChI is InChI=1S/C15H16BrClN2O/c1-8(2)14-18-13(17)10(4)15(19-14)20-12-6-5-9(3)7-11(12)16/h5-8H,1-4H3. The molecule has 1 heterocycles. The summed E-state index contributed by atoms with van der Waals surface area (Å²) in [5, 5.41) is 0.432. The minimum absolute atomic E-state index is 0.192. The largest absolute Gasteiger partial charge is 0.437 e. The Labute approximate surface area is 132 Å². The molecule has 0 unspecified atom stereocenters. The van der Waals surface area contributed by atoms with Crippen molar-refractivity contribution in [1.82, 2.24) is 9.97 Å². The number of nitrogens with zero attached hydrogens (tertiary/aromatic N) is 2. The molecule has 0 aliphatic heterocycles. The van der Waals surface area contributed by atoms with Gasteiger partial charge < -0.3 is 4.74 Å². The molecular formula is C15H16BrClN2O. The molecule has 0 saturated carbocycles. The maximum Gasteiger partial charge on any atom is 0.227 e. The Morgan fingerprint density at radius 1 is 1.20 bits per heavy atom. The van der Waals surface area contributed by atoms with Crippen molar-refractivity contribution in [3.05, 3.63) is 44.8 Å². The van der Waals surface area contributed by atoms with Crippen LogP contribution in [0.4, 0.5) is 0 Å². The molecule has 0 radical (unpaired) electrons. The molecule has 20 heavy (non-hydrogen) atoms. The highest BCUT2D eigenvalue weighted by Gasteiger charge is 2.14. The minimum Gasteiger partial charge on any atom is -0.437 e. The Hall–Kier alpha value is -1.13. The Balaban J connectivity index is 2.42. The van der Waals surface area contributed by atoms with Gasteiger partial charge in [-0.15, -0.1) is 0 Å². The highest BCUT2D eigenvalue weighted by atomic mass is 79.9. The molecule has 0 spiro atoms. The van der Waals surface area contributed by atoms with Gasteiger partial charge in [0.1, 0.15) is 16.7 Å². The number of benzene rings is 1. The molecule has 1 aromatic heterocycles. The summed E-state index contributed by atoms with van der Waals surface area (Å²) in [4.78, 5) is 8.73. The van der Waals surface area contributed by atoms with Gasteiger partial charge in [-0.3, -0.25) is 0 Å². The Morgan fingerprint density at radius 3 is 2.50 bits per heavy atom. The molecule has 0 bridgehead atoms. The fourth-order valence-electron chi connectivity index (χ4n) is 1.64. The van der Waals surface area contributed by atoms with Gasteiger partial charge in [-0.05, 0) is 47.5 Å². The first-order valence-electron chi connectivity index (χ1n) is 6.36. The first-order chi connectivity index (χ1) is 9.38. The van der Waals surface area contributed by atoms with E-state index in [2.05, 4.69) is 25.9 Å². The summed E-state index contributed by atoms with van der Waals surface area (Å²) in [6.07, 6.45) is 0. The third-order valence-electron chi connectivity index (χ3n) is 2.87. The van der Waals surface area contributed by atoms with Crippen molar-refractivity contribution < 1.29 is 4.74 Å². The van der Waals surface area contributed by atoms with Crippen molar-refractivity contribution in [2.75, 3.05) is 0 Å². The van der Waals surface area contributed by atoms with E-state index in [9.17, 15) is 0 Å². The minimum atomic E-state index is 0.192. The predicted octanol–water partition coefficient (Wildman–Crippen LogP) is 5.43. The lowest BCUT2D eigenvalue weighted by Gasteiger charge is -2.13. The number of hydrogen-bond donors (Lipinski definition) is 0. The maximum absolute atomic E-state index is 6.15. The van der Waals surface area contributed by atoms with Crippen LogP contribution in [-0.4, -0.2) is 9.97 Å². The van der Waals surface area contributed by atoms with E-state index >= 15 is 0 Å². The maximum atomic E-state index is 6.15. The van der Waals surface area contributed by atoms with E-state index in [1.807, 2.05) is 45.9 Å². The van der Waals surface area contributed by atoms with Crippen molar-refractivity contribution in [2.24, 2.45) is 0 Å². The number of aromatic nitrogens is 2. The number of hydrogen-bond acceptors (Lipinski definition) is 3. The highest BCUT2D eigenvalue weighted by molar-refractivity contribution is 9.10. The van der Waals surface area contributed by atoms with Crippen LogP contribution in [0.1, 0.15) is 36.7 Å². The molecule has 2 aromatic rings. The van der Waals surface area contributed by atoms with E-state index in [1.165, 1.54) is 0 Å². The lowest BCUT2D eigenvalue weighted by atomic mass is 10.2. The zero-order valence-electron chi connectivity index (χ0n) is 11.9. The lowest BCUT2D eigenvalue weighted by Crippen LogP contribution is -2.02. The van der Waals surface area contributed by atoms with E-state index in [0.717, 1.165) is 15.6 Å². The summed E-state index contributed by atoms with van der Waals surface area (Å²) in [7, 11) is 0. The molecule has 0 fully saturated rings. The molecule has 0 aliphatic carbocycles. The molecular weight excluding hydrogens is 340 g/mol. The molecule has 0 amide bonds. The van der Waals surface area contributed by atoms with Crippen molar-refractivity contribution in [3.8, 4) is 11.6 Å². The van der Waals surface area contributed by atoms with E-state index in [0.29, 0.717) is 22.6 Å². The fraction of sp³-hybridized carbons (Fsp3) is 0.333. The second-order valence-electron chi connectivity index (χ2n) is 4.99. The third-order valence-corrected chi connectivity index (χ3v) is 3.86. The topological polar surface area (TPSA) is 35.0 Å². The number of halogens is 2. The summed E-state index contributed by atoms with van der Waals surface area (Å²) in [6.45, 7) is 7.92. The Bertz CT molecular complexity index is 644. The molecule has 1 aromatic carbocycles. The normalized spacial score (nSPS) is 10.9. The first-order valence-corrected chi connectivity index (χ1v) is 7.53. The van der Waals surface area contributed by atoms with Crippen LogP contribution in [0.25, 0.3) is 0 Å². The molecule has 106 valence electrons. The average molecular weight is 356 g/mol. The highest BCUT2D eigenvalue weighted by Crippen LogP contribution is 2.33. The lowest BCUT2D eigenvalue weighted by molar-refractivity contribution is 0.450. The van der Waals surface area contributed by atoms with Crippen molar-refractivity contribution >= 4 is 27.5 Å². The molecule has 3 nitrogen and oxygen atoms in total. The van der Waals surface area contributed by atoms with Crippen molar-refractivity contribution in [1.29, 1.82) is 0 Å². The second kappa shape index (κ2) is 6.10. The summed E-state index contributed by atoms with van der Waals surface area (Å²) >= 11 is 9.65. The van der Waals surface area contributed by atoms with Gasteiger partial charge in [0.05, 0.1) is 4.47 Å². The first kappa shape index (κ1) is 15.3. The van der Waals surface area contributed by atoms with Gasteiger partial charge in [-0.1, -0.05) is 31.5 Å². The molecule has 0 saturated heterocycles. The van der Waals surface area contributed by atoms with Gasteiger partial charge >= 0.3 is 0 Å². The predicted molar refractivity (Wildman–Crippen MR) is 84.8 cm³/mol. The quantitative estimate of drug-likeness (QED) is 0.689. The SMILES string of the molecule is Cc1ccc(Oc2nc(C(C)C)nc(Cl)c2C)c(Br)c1. The second-order valence-corrected chi connectivity index (χ2v) is 6.21. The molecule has 2 rings (SSSR count). The molecule has 0 aliphatic rings. The monoisotopic (exact) mass is 354 g/mol. The van der Waals surface area contributed by atoms with Gasteiger partial charge in [0, 0.05) is 11.5 Å². The summed E-state index contributed by atoms with van der Waals surface area (Å²) in [5.74, 6) is 2.08. The van der Waals surface area contributed by atoms with Crippen LogP contribution < -0.4 is 4.74 Å². The van der Waals surface area contributed by atoms with Gasteiger partial charge in [-0.2, -0.15) is 4.98 Å². The van der Waals surface area contributed by atoms with Crippen molar-refractivity contribution in [3.63, 3.8) is 0 Å². The molecule has 0 atom stereocenters. The van der Waals surface area contributed by atoms with Gasteiger partial charge in [-0.25, -0.2) is 4.98 Å². The zero-order chi connectivity index (χ0) is 14.9. The van der Waals surface area contributed by atoms with Crippen LogP contribution in [0.2, 0.25) is 5.15 Å². The number of aryl methyl sites for hydroxylation is 1. The van der Waals surface area contributed by atoms with Crippen LogP contribution in [0, 0.1) is 13.8 Å². The number of rotatable bonds is 3. The van der Waals surface area contributed by atoms with E-state index < -0.39 is 0 Å². The van der Waals surface area contributed by atoms with Crippen molar-refractivity contribution in [2.45, 2.75) is 33.6 Å². The van der Waals surface area contributed by atoms with Crippen LogP contribution in [-0.2, 0) is 0 Å². The summed E-state index contributed by atoms with van der Waals surface area (Å²) in [6, 6.07) is 5.89. The summed E-state index contributed by atoms with van der Waals surface area (Å²) in [5.41, 5.74) is 1.90. The fourth-order valence-corrected chi connectivity index (χ4v) is 2.38. The summed E-state index contributed by atoms with van der Waals surface area (Å²) < 4.78 is 6.77. The van der Waals surface area contributed by atoms with Gasteiger partial charge in [0.15, 0.2) is 0 Å². The third kappa shape index (κ3) is 3.30. The van der Waals surface area contributed by atoms with Crippen LogP contribution in [0.5, 0.6) is 11.6 Å². The van der Waals surface area contributed by atoms with Crippen LogP contribution in [0.15, 0.2) is 22.7 Å². The van der Waals surface area contributed by atoms with E-state index in [4.69, 9.17) is 16.3 Å². The molecule has 0 N–H and O–H groups in total. The van der Waals surface area contributed by atoms with Crippen LogP contribution >= 0.6 is 27.5 Å². The van der Waals surface area contributed by atoms with E-state index in [1.54, 1.807) is 0 Å². The van der Waals surface area contributed by atoms with E-state index in [-0.39, 0.29) is 5.92 Å². The Kier molecular flexibility index (Phi) is 4.66. The average Bonchev–Trinajstić information content (AvgIpc) is 2.37. The smallest absolute Gasteiger partial charge is 0.227 e.